The minimum absolute atomic E-state index is 0.0207. The van der Waals surface area contributed by atoms with Gasteiger partial charge in [-0.25, -0.2) is 4.79 Å². The van der Waals surface area contributed by atoms with Crippen molar-refractivity contribution < 1.29 is 19.1 Å². The van der Waals surface area contributed by atoms with Crippen molar-refractivity contribution in [2.24, 2.45) is 0 Å². The van der Waals surface area contributed by atoms with Crippen LogP contribution >= 0.6 is 35.3 Å². The molecule has 0 aliphatic carbocycles. The number of thiophene rings is 1. The number of anilines is 3. The molecule has 1 atom stereocenters. The van der Waals surface area contributed by atoms with Crippen LogP contribution in [0.25, 0.3) is 0 Å². The summed E-state index contributed by atoms with van der Waals surface area (Å²) in [6, 6.07) is 15.6. The number of thioether (sulfide) groups is 1. The molecule has 0 saturated heterocycles. The van der Waals surface area contributed by atoms with E-state index in [1.165, 1.54) is 42.7 Å². The number of carbonyl (C=O) groups excluding carboxylic acids is 3. The predicted octanol–water partition coefficient (Wildman–Crippen LogP) is 5.68. The average Bonchev–Trinajstić information content (AvgIpc) is 3.26. The quantitative estimate of drug-likeness (QED) is 0.186. The van der Waals surface area contributed by atoms with Crippen LogP contribution in [0.4, 0.5) is 16.4 Å². The zero-order valence-corrected chi connectivity index (χ0v) is 24.6. The van der Waals surface area contributed by atoms with Crippen molar-refractivity contribution in [2.45, 2.75) is 43.9 Å². The lowest BCUT2D eigenvalue weighted by atomic mass is 10.0. The zero-order valence-electron chi connectivity index (χ0n) is 22.1. The van der Waals surface area contributed by atoms with Gasteiger partial charge in [-0.3, -0.25) is 9.59 Å². The number of nitrogens with zero attached hydrogens (tertiary/aromatic N) is 1. The van der Waals surface area contributed by atoms with E-state index in [-0.39, 0.29) is 11.8 Å². The van der Waals surface area contributed by atoms with E-state index in [9.17, 15) is 14.4 Å². The lowest BCUT2D eigenvalue weighted by Gasteiger charge is -2.25. The molecule has 4 rings (SSSR count). The number of nitrogens with one attached hydrogen (secondary N) is 3. The molecule has 11 heteroatoms. The second-order valence-electron chi connectivity index (χ2n) is 9.11. The van der Waals surface area contributed by atoms with Crippen LogP contribution in [0.15, 0.2) is 53.4 Å². The molecule has 0 spiro atoms. The first-order valence-corrected chi connectivity index (χ1v) is 14.5. The van der Waals surface area contributed by atoms with Crippen molar-refractivity contribution >= 4 is 74.6 Å². The highest BCUT2D eigenvalue weighted by molar-refractivity contribution is 8.00. The maximum atomic E-state index is 13.2. The predicted molar refractivity (Wildman–Crippen MR) is 162 cm³/mol. The van der Waals surface area contributed by atoms with Crippen LogP contribution in [0, 0.1) is 6.92 Å². The van der Waals surface area contributed by atoms with Gasteiger partial charge in [-0.1, -0.05) is 23.8 Å². The summed E-state index contributed by atoms with van der Waals surface area (Å²) in [5.41, 5.74) is 4.08. The van der Waals surface area contributed by atoms with E-state index in [0.29, 0.717) is 35.2 Å². The highest BCUT2D eigenvalue weighted by atomic mass is 32.2. The summed E-state index contributed by atoms with van der Waals surface area (Å²) in [7, 11) is 1.32. The SMILES string of the molecule is COC(=O)c1c(NC(=O)C(C)Sc2cccc(NC(=S)Nc3ccc(C)cc3)c2)sc2c1CCN(C(C)=O)C2. The molecule has 0 bridgehead atoms. The lowest BCUT2D eigenvalue weighted by Crippen LogP contribution is -2.33. The third-order valence-corrected chi connectivity index (χ3v) is 8.64. The van der Waals surface area contributed by atoms with Gasteiger partial charge in [0.2, 0.25) is 11.8 Å². The summed E-state index contributed by atoms with van der Waals surface area (Å²) >= 11 is 8.17. The number of thiocarbonyl (C=S) groups is 1. The van der Waals surface area contributed by atoms with Crippen LogP contribution in [-0.4, -0.2) is 46.7 Å². The lowest BCUT2D eigenvalue weighted by molar-refractivity contribution is -0.129. The standard InChI is InChI=1S/C28H30N4O4S3/c1-16-8-10-19(11-9-16)29-28(37)30-20-6-5-7-21(14-20)38-17(2)25(34)31-26-24(27(35)36-4)22-12-13-32(18(3)33)15-23(22)39-26/h5-11,14,17H,12-13,15H2,1-4H3,(H,31,34)(H2,29,30,37). The first kappa shape index (κ1) is 28.6. The molecule has 0 fully saturated rings. The Labute approximate surface area is 241 Å². The summed E-state index contributed by atoms with van der Waals surface area (Å²) in [6.45, 7) is 6.31. The molecule has 204 valence electrons. The average molecular weight is 583 g/mol. The summed E-state index contributed by atoms with van der Waals surface area (Å²) < 4.78 is 5.01. The number of benzene rings is 2. The molecule has 8 nitrogen and oxygen atoms in total. The number of hydrogen-bond acceptors (Lipinski definition) is 7. The van der Waals surface area contributed by atoms with E-state index < -0.39 is 11.2 Å². The summed E-state index contributed by atoms with van der Waals surface area (Å²) in [5.74, 6) is -0.747. The number of ether oxygens (including phenoxy) is 1. The van der Waals surface area contributed by atoms with Gasteiger partial charge in [-0.15, -0.1) is 23.1 Å². The van der Waals surface area contributed by atoms with E-state index in [1.54, 1.807) is 4.90 Å². The summed E-state index contributed by atoms with van der Waals surface area (Å²) in [6.07, 6.45) is 0.538. The monoisotopic (exact) mass is 582 g/mol. The third-order valence-electron chi connectivity index (χ3n) is 6.21. The molecular formula is C28H30N4O4S3. The molecule has 1 aliphatic heterocycles. The molecule has 2 heterocycles. The van der Waals surface area contributed by atoms with Crippen LogP contribution in [0.2, 0.25) is 0 Å². The second kappa shape index (κ2) is 12.6. The largest absolute Gasteiger partial charge is 0.465 e. The molecule has 39 heavy (non-hydrogen) atoms. The van der Waals surface area contributed by atoms with Crippen molar-refractivity contribution in [1.29, 1.82) is 0 Å². The Bertz CT molecular complexity index is 1400. The Kier molecular flexibility index (Phi) is 9.26. The molecule has 3 N–H and O–H groups in total. The Balaban J connectivity index is 1.41. The number of methoxy groups -OCH3 is 1. The number of rotatable bonds is 7. The van der Waals surface area contributed by atoms with Gasteiger partial charge in [0.05, 0.1) is 24.5 Å². The Morgan fingerprint density at radius 3 is 2.49 bits per heavy atom. The Morgan fingerprint density at radius 2 is 1.79 bits per heavy atom. The summed E-state index contributed by atoms with van der Waals surface area (Å²) in [4.78, 5) is 41.1. The number of fused-ring (bicyclic) bond motifs is 1. The van der Waals surface area contributed by atoms with Crippen molar-refractivity contribution in [3.8, 4) is 0 Å². The van der Waals surface area contributed by atoms with E-state index in [4.69, 9.17) is 17.0 Å². The van der Waals surface area contributed by atoms with E-state index >= 15 is 0 Å². The first-order chi connectivity index (χ1) is 18.6. The van der Waals surface area contributed by atoms with Crippen molar-refractivity contribution in [3.63, 3.8) is 0 Å². The van der Waals surface area contributed by atoms with Gasteiger partial charge >= 0.3 is 5.97 Å². The molecule has 1 aromatic heterocycles. The fourth-order valence-electron chi connectivity index (χ4n) is 4.13. The summed E-state index contributed by atoms with van der Waals surface area (Å²) in [5, 5.41) is 9.75. The van der Waals surface area contributed by atoms with E-state index in [0.717, 1.165) is 26.7 Å². The van der Waals surface area contributed by atoms with Crippen molar-refractivity contribution in [1.82, 2.24) is 4.90 Å². The number of hydrogen-bond donors (Lipinski definition) is 3. The Morgan fingerprint density at radius 1 is 1.08 bits per heavy atom. The highest BCUT2D eigenvalue weighted by Crippen LogP contribution is 2.38. The fourth-order valence-corrected chi connectivity index (χ4v) is 6.54. The van der Waals surface area contributed by atoms with Crippen LogP contribution in [0.3, 0.4) is 0 Å². The molecule has 1 unspecified atom stereocenters. The molecule has 0 saturated carbocycles. The van der Waals surface area contributed by atoms with E-state index in [2.05, 4.69) is 16.0 Å². The smallest absolute Gasteiger partial charge is 0.341 e. The minimum Gasteiger partial charge on any atom is -0.465 e. The van der Waals surface area contributed by atoms with Crippen molar-refractivity contribution in [3.05, 3.63) is 70.1 Å². The molecule has 2 amide bonds. The molecular weight excluding hydrogens is 553 g/mol. The van der Waals surface area contributed by atoms with Crippen LogP contribution in [0.1, 0.15) is 40.2 Å². The molecule has 2 aromatic carbocycles. The van der Waals surface area contributed by atoms with Crippen LogP contribution in [0.5, 0.6) is 0 Å². The first-order valence-electron chi connectivity index (χ1n) is 12.3. The number of carbonyl (C=O) groups is 3. The Hall–Kier alpha value is -3.41. The van der Waals surface area contributed by atoms with Gasteiger partial charge in [-0.05, 0) is 68.4 Å². The normalized spacial score (nSPS) is 13.2. The molecule has 0 radical (unpaired) electrons. The van der Waals surface area contributed by atoms with Gasteiger partial charge in [-0.2, -0.15) is 0 Å². The molecule has 1 aliphatic rings. The van der Waals surface area contributed by atoms with Gasteiger partial charge in [0, 0.05) is 34.6 Å². The fraction of sp³-hybridized carbons (Fsp3) is 0.286. The van der Waals surface area contributed by atoms with Gasteiger partial charge in [0.1, 0.15) is 5.00 Å². The molecule has 3 aromatic rings. The zero-order chi connectivity index (χ0) is 28.1. The van der Waals surface area contributed by atoms with Crippen molar-refractivity contribution in [2.75, 3.05) is 29.6 Å². The van der Waals surface area contributed by atoms with Gasteiger partial charge in [0.25, 0.3) is 0 Å². The second-order valence-corrected chi connectivity index (χ2v) is 12.0. The minimum atomic E-state index is -0.492. The number of amides is 2. The maximum absolute atomic E-state index is 13.2. The van der Waals surface area contributed by atoms with Gasteiger partial charge in [0.15, 0.2) is 5.11 Å². The third kappa shape index (κ3) is 7.17. The topological polar surface area (TPSA) is 99.8 Å². The number of esters is 1. The maximum Gasteiger partial charge on any atom is 0.341 e. The van der Waals surface area contributed by atoms with Crippen LogP contribution < -0.4 is 16.0 Å². The number of aryl methyl sites for hydroxylation is 1. The van der Waals surface area contributed by atoms with Crippen LogP contribution in [-0.2, 0) is 27.3 Å². The van der Waals surface area contributed by atoms with Gasteiger partial charge < -0.3 is 25.6 Å². The highest BCUT2D eigenvalue weighted by Gasteiger charge is 2.30. The van der Waals surface area contributed by atoms with E-state index in [1.807, 2.05) is 62.4 Å².